The van der Waals surface area contributed by atoms with Gasteiger partial charge in [-0.05, 0) is 41.5 Å². The molecule has 0 radical (unpaired) electrons. The van der Waals surface area contributed by atoms with Crippen LogP contribution in [0.15, 0.2) is 48.8 Å². The van der Waals surface area contributed by atoms with Gasteiger partial charge in [-0.3, -0.25) is 9.78 Å². The largest absolute Gasteiger partial charge is 0.493 e. The quantitative estimate of drug-likeness (QED) is 0.808. The highest BCUT2D eigenvalue weighted by Gasteiger charge is 2.19. The predicted molar refractivity (Wildman–Crippen MR) is 97.7 cm³/mol. The van der Waals surface area contributed by atoms with Crippen LogP contribution in [0.2, 0.25) is 0 Å². The number of anilines is 1. The van der Waals surface area contributed by atoms with E-state index in [-0.39, 0.29) is 5.91 Å². The summed E-state index contributed by atoms with van der Waals surface area (Å²) in [5, 5.41) is 0. The lowest BCUT2D eigenvalue weighted by atomic mass is 10.1. The van der Waals surface area contributed by atoms with Crippen molar-refractivity contribution in [3.63, 3.8) is 0 Å². The van der Waals surface area contributed by atoms with Crippen LogP contribution in [0.1, 0.15) is 11.1 Å². The summed E-state index contributed by atoms with van der Waals surface area (Å²) < 4.78 is 5.51. The molecule has 128 valence electrons. The van der Waals surface area contributed by atoms with Crippen LogP contribution >= 0.6 is 0 Å². The number of hydrogen-bond acceptors (Lipinski definition) is 4. The van der Waals surface area contributed by atoms with Crippen molar-refractivity contribution in [3.05, 3.63) is 59.9 Å². The minimum absolute atomic E-state index is 0.0751. The van der Waals surface area contributed by atoms with Crippen LogP contribution in [0.5, 0.6) is 5.75 Å². The van der Waals surface area contributed by atoms with Crippen LogP contribution in [0.25, 0.3) is 6.08 Å². The maximum atomic E-state index is 12.4. The number of fused-ring (bicyclic) bond motifs is 1. The summed E-state index contributed by atoms with van der Waals surface area (Å²) in [7, 11) is 0. The van der Waals surface area contributed by atoms with Crippen LogP contribution in [0, 0.1) is 0 Å². The van der Waals surface area contributed by atoms with Crippen LogP contribution < -0.4 is 9.64 Å². The highest BCUT2D eigenvalue weighted by molar-refractivity contribution is 5.92. The van der Waals surface area contributed by atoms with Crippen LogP contribution in [0.3, 0.4) is 0 Å². The number of pyridine rings is 1. The fraction of sp³-hybridized carbons (Fsp3) is 0.300. The summed E-state index contributed by atoms with van der Waals surface area (Å²) in [5.41, 5.74) is 3.44. The van der Waals surface area contributed by atoms with E-state index >= 15 is 0 Å². The van der Waals surface area contributed by atoms with E-state index in [9.17, 15) is 4.79 Å². The van der Waals surface area contributed by atoms with Gasteiger partial charge < -0.3 is 14.5 Å². The van der Waals surface area contributed by atoms with Crippen molar-refractivity contribution >= 4 is 17.7 Å². The number of carbonyl (C=O) groups excluding carboxylic acids is 1. The Balaban J connectivity index is 1.34. The number of amides is 1. The van der Waals surface area contributed by atoms with Crippen molar-refractivity contribution in [2.24, 2.45) is 0 Å². The molecule has 2 aromatic rings. The van der Waals surface area contributed by atoms with Crippen molar-refractivity contribution in [2.45, 2.75) is 6.42 Å². The summed E-state index contributed by atoms with van der Waals surface area (Å²) in [6.07, 6.45) is 8.13. The molecule has 0 N–H and O–H groups in total. The zero-order chi connectivity index (χ0) is 17.1. The van der Waals surface area contributed by atoms with Gasteiger partial charge in [0.1, 0.15) is 5.75 Å². The van der Waals surface area contributed by atoms with Gasteiger partial charge in [-0.25, -0.2) is 0 Å². The summed E-state index contributed by atoms with van der Waals surface area (Å²) in [6, 6.07) is 10.1. The zero-order valence-electron chi connectivity index (χ0n) is 14.1. The Morgan fingerprint density at radius 2 is 1.88 bits per heavy atom. The van der Waals surface area contributed by atoms with Gasteiger partial charge in [0.2, 0.25) is 5.91 Å². The number of ether oxygens (including phenoxy) is 1. The predicted octanol–water partition coefficient (Wildman–Crippen LogP) is 2.38. The fourth-order valence-corrected chi connectivity index (χ4v) is 3.32. The second-order valence-electron chi connectivity index (χ2n) is 6.32. The number of carbonyl (C=O) groups is 1. The number of rotatable bonds is 3. The van der Waals surface area contributed by atoms with E-state index in [0.29, 0.717) is 0 Å². The summed E-state index contributed by atoms with van der Waals surface area (Å²) in [4.78, 5) is 20.7. The molecule has 5 heteroatoms. The molecule has 1 saturated heterocycles. The van der Waals surface area contributed by atoms with Gasteiger partial charge in [0, 0.05) is 56.8 Å². The molecule has 0 unspecified atom stereocenters. The number of hydrogen-bond donors (Lipinski definition) is 0. The molecule has 2 aliphatic heterocycles. The molecule has 1 fully saturated rings. The Morgan fingerprint density at radius 1 is 1.08 bits per heavy atom. The molecule has 1 aromatic heterocycles. The maximum absolute atomic E-state index is 12.4. The zero-order valence-corrected chi connectivity index (χ0v) is 14.1. The van der Waals surface area contributed by atoms with E-state index < -0.39 is 0 Å². The molecule has 0 atom stereocenters. The molecule has 25 heavy (non-hydrogen) atoms. The fourth-order valence-electron chi connectivity index (χ4n) is 3.32. The Hall–Kier alpha value is -2.82. The van der Waals surface area contributed by atoms with E-state index in [1.54, 1.807) is 18.5 Å². The lowest BCUT2D eigenvalue weighted by Crippen LogP contribution is -2.48. The third-order valence-electron chi connectivity index (χ3n) is 4.75. The Morgan fingerprint density at radius 3 is 2.68 bits per heavy atom. The summed E-state index contributed by atoms with van der Waals surface area (Å²) in [5.74, 6) is 1.04. The van der Waals surface area contributed by atoms with Crippen molar-refractivity contribution in [2.75, 3.05) is 37.7 Å². The first-order valence-corrected chi connectivity index (χ1v) is 8.67. The van der Waals surface area contributed by atoms with Gasteiger partial charge >= 0.3 is 0 Å². The van der Waals surface area contributed by atoms with E-state index in [0.717, 1.165) is 56.2 Å². The van der Waals surface area contributed by atoms with E-state index in [4.69, 9.17) is 4.74 Å². The molecule has 0 aliphatic carbocycles. The topological polar surface area (TPSA) is 45.7 Å². The second-order valence-corrected chi connectivity index (χ2v) is 6.32. The van der Waals surface area contributed by atoms with Gasteiger partial charge in [0.05, 0.1) is 6.61 Å². The SMILES string of the molecule is O=C(/C=C/c1ccc2c(c1)CCO2)N1CCN(c2ccncc2)CC1. The molecule has 0 spiro atoms. The van der Waals surface area contributed by atoms with Crippen LogP contribution in [-0.2, 0) is 11.2 Å². The van der Waals surface area contributed by atoms with Crippen molar-refractivity contribution in [1.82, 2.24) is 9.88 Å². The molecule has 3 heterocycles. The highest BCUT2D eigenvalue weighted by atomic mass is 16.5. The van der Waals surface area contributed by atoms with Crippen molar-refractivity contribution < 1.29 is 9.53 Å². The van der Waals surface area contributed by atoms with E-state index in [1.807, 2.05) is 35.2 Å². The molecule has 4 rings (SSSR count). The number of aromatic nitrogens is 1. The minimum atomic E-state index is 0.0751. The number of piperazine rings is 1. The molecular weight excluding hydrogens is 314 g/mol. The Kier molecular flexibility index (Phi) is 4.37. The van der Waals surface area contributed by atoms with E-state index in [2.05, 4.69) is 16.0 Å². The minimum Gasteiger partial charge on any atom is -0.493 e. The van der Waals surface area contributed by atoms with Crippen LogP contribution in [0.4, 0.5) is 5.69 Å². The summed E-state index contributed by atoms with van der Waals surface area (Å²) in [6.45, 7) is 3.93. The average molecular weight is 335 g/mol. The van der Waals surface area contributed by atoms with E-state index in [1.165, 1.54) is 5.56 Å². The Bertz CT molecular complexity index is 781. The first-order valence-electron chi connectivity index (χ1n) is 8.67. The van der Waals surface area contributed by atoms with Crippen molar-refractivity contribution in [1.29, 1.82) is 0 Å². The van der Waals surface area contributed by atoms with Gasteiger partial charge in [0.15, 0.2) is 0 Å². The third kappa shape index (κ3) is 3.50. The molecule has 5 nitrogen and oxygen atoms in total. The smallest absolute Gasteiger partial charge is 0.246 e. The van der Waals surface area contributed by atoms with Gasteiger partial charge in [-0.15, -0.1) is 0 Å². The van der Waals surface area contributed by atoms with Gasteiger partial charge in [0.25, 0.3) is 0 Å². The molecule has 1 amide bonds. The molecular formula is C20H21N3O2. The Labute approximate surface area is 147 Å². The first kappa shape index (κ1) is 15.7. The van der Waals surface area contributed by atoms with Crippen LogP contribution in [-0.4, -0.2) is 48.6 Å². The molecule has 2 aliphatic rings. The highest BCUT2D eigenvalue weighted by Crippen LogP contribution is 2.26. The lowest BCUT2D eigenvalue weighted by Gasteiger charge is -2.35. The van der Waals surface area contributed by atoms with Crippen molar-refractivity contribution in [3.8, 4) is 5.75 Å². The molecule has 1 aromatic carbocycles. The number of benzene rings is 1. The second kappa shape index (κ2) is 6.97. The van der Waals surface area contributed by atoms with Gasteiger partial charge in [-0.1, -0.05) is 6.07 Å². The standard InChI is InChI=1S/C20H21N3O2/c24-20(4-2-16-1-3-19-17(15-16)7-14-25-19)23-12-10-22(11-13-23)18-5-8-21-9-6-18/h1-6,8-9,15H,7,10-14H2/b4-2+. The third-order valence-corrected chi connectivity index (χ3v) is 4.75. The maximum Gasteiger partial charge on any atom is 0.246 e. The van der Waals surface area contributed by atoms with Gasteiger partial charge in [-0.2, -0.15) is 0 Å². The average Bonchev–Trinajstić information content (AvgIpc) is 3.15. The molecule has 0 bridgehead atoms. The number of nitrogens with zero attached hydrogens (tertiary/aromatic N) is 3. The first-order chi connectivity index (χ1) is 12.3. The summed E-state index contributed by atoms with van der Waals surface area (Å²) >= 11 is 0. The lowest BCUT2D eigenvalue weighted by molar-refractivity contribution is -0.126. The monoisotopic (exact) mass is 335 g/mol. The normalized spacial score (nSPS) is 16.8. The molecule has 0 saturated carbocycles.